The van der Waals surface area contributed by atoms with E-state index in [2.05, 4.69) is 16.7 Å². The molecule has 4 rings (SSSR count). The molecule has 15 N–H and O–H groups in total. The average molecular weight is 1150 g/mol. The van der Waals surface area contributed by atoms with E-state index < -0.39 is 204 Å². The molecule has 4 aliphatic rings. The van der Waals surface area contributed by atoms with Crippen LogP contribution in [-0.2, 0) is 122 Å². The van der Waals surface area contributed by atoms with Gasteiger partial charge in [-0.1, -0.05) is 0 Å². The summed E-state index contributed by atoms with van der Waals surface area (Å²) in [5.41, 5.74) is 0. The van der Waals surface area contributed by atoms with Crippen LogP contribution in [0.1, 0.15) is 0 Å². The number of rotatable bonds is 22. The van der Waals surface area contributed by atoms with Crippen molar-refractivity contribution in [1.82, 2.24) is 9.44 Å². The second-order valence-corrected chi connectivity index (χ2v) is 20.7. The monoisotopic (exact) mass is 1150 g/mol. The van der Waals surface area contributed by atoms with Gasteiger partial charge in [-0.25, -0.2) is 26.3 Å². The van der Waals surface area contributed by atoms with Crippen LogP contribution >= 0.6 is 0 Å². The zero-order chi connectivity index (χ0) is 53.4. The minimum atomic E-state index is -6.01. The zero-order valence-corrected chi connectivity index (χ0v) is 38.3. The molecule has 4 heterocycles. The number of hydrogen-bond donors (Lipinski definition) is 15. The van der Waals surface area contributed by atoms with Gasteiger partial charge in [0.05, 0.1) is 13.2 Å². The quantitative estimate of drug-likeness (QED) is 0.0448. The number of aliphatic carboxylic acids is 2. The summed E-state index contributed by atoms with van der Waals surface area (Å²) in [6.45, 7) is -3.27. The van der Waals surface area contributed by atoms with E-state index in [9.17, 15) is 119 Å². The van der Waals surface area contributed by atoms with Crippen molar-refractivity contribution in [2.45, 2.75) is 110 Å². The maximum atomic E-state index is 12.7. The van der Waals surface area contributed by atoms with Gasteiger partial charge in [-0.15, -0.1) is 0 Å². The second-order valence-electron chi connectivity index (χ2n) is 14.1. The lowest BCUT2D eigenvalue weighted by Crippen LogP contribution is -2.70. The van der Waals surface area contributed by atoms with Gasteiger partial charge in [-0.2, -0.15) is 60.0 Å². The molecule has 0 aromatic heterocycles. The van der Waals surface area contributed by atoms with Gasteiger partial charge in [0.15, 0.2) is 37.2 Å². The average Bonchev–Trinajstić information content (AvgIpc) is 3.16. The fourth-order valence-electron chi connectivity index (χ4n) is 6.58. The number of hydrogen-bond acceptors (Lipinski definition) is 30. The van der Waals surface area contributed by atoms with Gasteiger partial charge in [-0.05, 0) is 6.08 Å². The molecule has 70 heavy (non-hydrogen) atoms. The van der Waals surface area contributed by atoms with E-state index in [4.69, 9.17) is 37.7 Å². The molecule has 0 amide bonds. The summed E-state index contributed by atoms with van der Waals surface area (Å²) in [5, 5.41) is 74.4. The van der Waals surface area contributed by atoms with Crippen molar-refractivity contribution >= 4 is 74.1 Å². The number of carboxylic acid groups (broad SMARTS) is 2. The Kier molecular flexibility index (Phi) is 19.1. The Hall–Kier alpha value is -2.74. The summed E-state index contributed by atoms with van der Waals surface area (Å²) in [6.07, 6.45) is -44.0. The lowest BCUT2D eigenvalue weighted by atomic mass is 9.95. The zero-order valence-electron chi connectivity index (χ0n) is 33.4. The summed E-state index contributed by atoms with van der Waals surface area (Å²) in [5.74, 6) is -5.71. The number of ether oxygens (including phenoxy) is 7. The smallest absolute Gasteiger partial charge is 0.397 e. The molecule has 3 fully saturated rings. The third-order valence-corrected chi connectivity index (χ3v) is 12.1. The van der Waals surface area contributed by atoms with Gasteiger partial charge in [0.25, 0.3) is 0 Å². The molecule has 40 nitrogen and oxygen atoms in total. The maximum Gasteiger partial charge on any atom is 0.397 e. The molecular weight excluding hydrogens is 1120 g/mol. The third kappa shape index (κ3) is 17.2. The topological polar surface area (TPSA) is 628 Å². The van der Waals surface area contributed by atoms with Crippen LogP contribution in [0.15, 0.2) is 11.8 Å². The first-order valence-electron chi connectivity index (χ1n) is 17.9. The van der Waals surface area contributed by atoms with Gasteiger partial charge in [0, 0.05) is 0 Å². The molecule has 18 unspecified atom stereocenters. The van der Waals surface area contributed by atoms with Crippen LogP contribution in [0.4, 0.5) is 0 Å². The van der Waals surface area contributed by atoms with Crippen molar-refractivity contribution < 1.29 is 173 Å². The first-order chi connectivity index (χ1) is 31.6. The number of aliphatic hydroxyl groups excluding tert-OH is 5. The lowest BCUT2D eigenvalue weighted by molar-refractivity contribution is -0.362. The minimum Gasteiger partial charge on any atom is -0.479 e. The summed E-state index contributed by atoms with van der Waals surface area (Å²) in [4.78, 5) is 24.4. The highest BCUT2D eigenvalue weighted by Gasteiger charge is 2.59. The molecular formula is C24H38N2O38S6. The van der Waals surface area contributed by atoms with E-state index in [1.165, 1.54) is 9.44 Å². The largest absolute Gasteiger partial charge is 0.479 e. The standard InChI is InChI=1S/C24H38N2O38S6/c27-4-1-5(19(31)32)57-23(13(4)63-69(48,49)50)59-15-7(3-55-68(45,46)47)58-22(9(11(15)29)26-66(39,40)41)61-16-12(30)17(64-70(51,52)53)24(62-18(16)20(33)34)60-14-6(2-54-67(42,43)44)56-21(35)8(10(14)28)25-65(36,37)38/h1,4,6-18,21-30,35H,2-3H2,(H,31,32)(H,33,34)(H,36,37,38)(H,39,40,41)(H,42,43,44)(H,45,46,47)(H,48,49,50)(H,51,52,53). The Morgan fingerprint density at radius 2 is 0.971 bits per heavy atom. The van der Waals surface area contributed by atoms with Crippen molar-refractivity contribution in [2.24, 2.45) is 0 Å². The molecule has 18 atom stereocenters. The first kappa shape index (κ1) is 59.8. The van der Waals surface area contributed by atoms with Gasteiger partial charge in [-0.3, -0.25) is 27.3 Å². The van der Waals surface area contributed by atoms with Crippen molar-refractivity contribution in [3.63, 3.8) is 0 Å². The van der Waals surface area contributed by atoms with E-state index in [-0.39, 0.29) is 6.08 Å². The Morgan fingerprint density at radius 1 is 0.529 bits per heavy atom. The lowest BCUT2D eigenvalue weighted by Gasteiger charge is -2.49. The van der Waals surface area contributed by atoms with Crippen molar-refractivity contribution in [2.75, 3.05) is 13.2 Å². The highest BCUT2D eigenvalue weighted by molar-refractivity contribution is 7.84. The van der Waals surface area contributed by atoms with E-state index in [0.717, 1.165) is 0 Å². The predicted molar refractivity (Wildman–Crippen MR) is 200 cm³/mol. The van der Waals surface area contributed by atoms with E-state index >= 15 is 0 Å². The molecule has 0 aliphatic carbocycles. The summed E-state index contributed by atoms with van der Waals surface area (Å²) in [7, 11) is -34.0. The Bertz CT molecular complexity index is 2610. The highest BCUT2D eigenvalue weighted by atomic mass is 32.3. The van der Waals surface area contributed by atoms with Crippen molar-refractivity contribution in [1.29, 1.82) is 0 Å². The highest BCUT2D eigenvalue weighted by Crippen LogP contribution is 2.36. The van der Waals surface area contributed by atoms with E-state index in [1.807, 2.05) is 0 Å². The van der Waals surface area contributed by atoms with E-state index in [1.54, 1.807) is 0 Å². The molecule has 0 aromatic rings. The van der Waals surface area contributed by atoms with Crippen LogP contribution in [0, 0.1) is 0 Å². The molecule has 4 aliphatic heterocycles. The molecule has 0 bridgehead atoms. The van der Waals surface area contributed by atoms with Crippen molar-refractivity contribution in [3.05, 3.63) is 11.8 Å². The van der Waals surface area contributed by atoms with Crippen LogP contribution in [0.5, 0.6) is 0 Å². The maximum absolute atomic E-state index is 12.7. The molecule has 46 heteroatoms. The minimum absolute atomic E-state index is 0.270. The van der Waals surface area contributed by atoms with Gasteiger partial charge < -0.3 is 68.9 Å². The number of nitrogens with one attached hydrogen (secondary N) is 2. The SMILES string of the molecule is O=C(O)C1=CC(O)C(OS(=O)(=O)O)C(OC2C(COS(=O)(=O)O)OC(OC3C(C(=O)O)OC(OC4C(COS(=O)(=O)O)OC(O)C(NS(=O)(=O)O)C4O)C(OS(=O)(=O)O)C3O)C(NS(=O)(=O)O)C2O)O1. The predicted octanol–water partition coefficient (Wildman–Crippen LogP) is -10.3. The van der Waals surface area contributed by atoms with Gasteiger partial charge in [0.1, 0.15) is 67.0 Å². The molecule has 0 spiro atoms. The number of aliphatic hydroxyl groups is 5. The summed E-state index contributed by atoms with van der Waals surface area (Å²) >= 11 is 0. The molecule has 0 radical (unpaired) electrons. The van der Waals surface area contributed by atoms with Gasteiger partial charge >= 0.3 is 74.1 Å². The third-order valence-electron chi connectivity index (χ3n) is 9.18. The summed E-state index contributed by atoms with van der Waals surface area (Å²) < 4.78 is 253. The second kappa shape index (κ2) is 22.4. The Balaban J connectivity index is 1.80. The van der Waals surface area contributed by atoms with Crippen LogP contribution < -0.4 is 9.44 Å². The Labute approximate surface area is 391 Å². The van der Waals surface area contributed by atoms with Gasteiger partial charge in [0.2, 0.25) is 12.0 Å². The van der Waals surface area contributed by atoms with Crippen LogP contribution in [0.25, 0.3) is 0 Å². The normalized spacial score (nSPS) is 37.2. The molecule has 0 aromatic carbocycles. The fraction of sp³-hybridized carbons (Fsp3) is 0.833. The van der Waals surface area contributed by atoms with Crippen LogP contribution in [0.3, 0.4) is 0 Å². The molecule has 3 saturated heterocycles. The number of carboxylic acids is 2. The molecule has 0 saturated carbocycles. The molecule has 408 valence electrons. The fourth-order valence-corrected chi connectivity index (χ4v) is 9.36. The van der Waals surface area contributed by atoms with E-state index in [0.29, 0.717) is 0 Å². The summed E-state index contributed by atoms with van der Waals surface area (Å²) in [6, 6.07) is -5.30. The van der Waals surface area contributed by atoms with Crippen LogP contribution in [0.2, 0.25) is 0 Å². The first-order valence-corrected chi connectivity index (χ1v) is 26.2. The van der Waals surface area contributed by atoms with Crippen LogP contribution in [-0.4, -0.2) is 249 Å². The van der Waals surface area contributed by atoms with Crippen molar-refractivity contribution in [3.8, 4) is 0 Å². The number of carbonyl (C=O) groups is 2. The Morgan fingerprint density at radius 3 is 1.43 bits per heavy atom.